The molecule has 3 nitrogen and oxygen atoms in total. The molecule has 0 radical (unpaired) electrons. The molecule has 3 heteroatoms. The van der Waals surface area contributed by atoms with Crippen LogP contribution < -0.4 is 10.5 Å². The van der Waals surface area contributed by atoms with Crippen LogP contribution in [0.1, 0.15) is 24.8 Å². The van der Waals surface area contributed by atoms with Crippen molar-refractivity contribution in [2.45, 2.75) is 25.8 Å². The summed E-state index contributed by atoms with van der Waals surface area (Å²) in [5, 5.41) is 0. The summed E-state index contributed by atoms with van der Waals surface area (Å²) in [5.41, 5.74) is 8.14. The molecule has 3 rings (SSSR count). The van der Waals surface area contributed by atoms with E-state index in [4.69, 9.17) is 10.5 Å². The van der Waals surface area contributed by atoms with Crippen LogP contribution in [0, 0.1) is 11.8 Å². The fourth-order valence-corrected chi connectivity index (χ4v) is 3.55. The maximum Gasteiger partial charge on any atom is 0.119 e. The lowest BCUT2D eigenvalue weighted by Gasteiger charge is -2.18. The molecular weight excluding hydrogens is 224 g/mol. The standard InChI is InChI=1S/C15H22N2O/c1-18-14-5-6-15(16)13(7-14)10-17-8-11-3-2-4-12(11)9-17/h5-7,11-12H,2-4,8-10,16H2,1H3. The van der Waals surface area contributed by atoms with Crippen LogP contribution in [0.15, 0.2) is 18.2 Å². The third-order valence-corrected chi connectivity index (χ3v) is 4.55. The summed E-state index contributed by atoms with van der Waals surface area (Å²) in [4.78, 5) is 2.56. The molecule has 18 heavy (non-hydrogen) atoms. The van der Waals surface area contributed by atoms with E-state index in [-0.39, 0.29) is 0 Å². The number of benzene rings is 1. The van der Waals surface area contributed by atoms with Crippen LogP contribution in [0.2, 0.25) is 0 Å². The summed E-state index contributed by atoms with van der Waals surface area (Å²) < 4.78 is 5.27. The number of ether oxygens (including phenoxy) is 1. The Labute approximate surface area is 109 Å². The van der Waals surface area contributed by atoms with Gasteiger partial charge in [0.15, 0.2) is 0 Å². The third-order valence-electron chi connectivity index (χ3n) is 4.55. The number of methoxy groups -OCH3 is 1. The molecule has 0 spiro atoms. The number of nitrogens with zero attached hydrogens (tertiary/aromatic N) is 1. The second-order valence-electron chi connectivity index (χ2n) is 5.71. The van der Waals surface area contributed by atoms with Gasteiger partial charge >= 0.3 is 0 Å². The van der Waals surface area contributed by atoms with E-state index in [1.165, 1.54) is 37.9 Å². The number of fused-ring (bicyclic) bond motifs is 1. The van der Waals surface area contributed by atoms with Crippen LogP contribution in [0.4, 0.5) is 5.69 Å². The van der Waals surface area contributed by atoms with E-state index in [1.54, 1.807) is 7.11 Å². The van der Waals surface area contributed by atoms with Crippen molar-refractivity contribution in [3.8, 4) is 5.75 Å². The zero-order valence-corrected chi connectivity index (χ0v) is 11.1. The minimum absolute atomic E-state index is 0.882. The Morgan fingerprint density at radius 2 is 2.00 bits per heavy atom. The van der Waals surface area contributed by atoms with Crippen LogP contribution in [-0.4, -0.2) is 25.1 Å². The van der Waals surface area contributed by atoms with Crippen LogP contribution in [0.3, 0.4) is 0 Å². The average molecular weight is 246 g/mol. The van der Waals surface area contributed by atoms with E-state index in [0.29, 0.717) is 0 Å². The van der Waals surface area contributed by atoms with E-state index in [9.17, 15) is 0 Å². The maximum atomic E-state index is 6.06. The Hall–Kier alpha value is -1.22. The Morgan fingerprint density at radius 3 is 2.67 bits per heavy atom. The zero-order valence-electron chi connectivity index (χ0n) is 11.1. The number of hydrogen-bond acceptors (Lipinski definition) is 3. The van der Waals surface area contributed by atoms with Gasteiger partial charge in [0.2, 0.25) is 0 Å². The highest BCUT2D eigenvalue weighted by Gasteiger charge is 2.35. The van der Waals surface area contributed by atoms with Gasteiger partial charge in [0.25, 0.3) is 0 Å². The van der Waals surface area contributed by atoms with Gasteiger partial charge < -0.3 is 10.5 Å². The van der Waals surface area contributed by atoms with E-state index in [1.807, 2.05) is 12.1 Å². The molecule has 0 bridgehead atoms. The van der Waals surface area contributed by atoms with Gasteiger partial charge in [0, 0.05) is 25.3 Å². The second kappa shape index (κ2) is 4.81. The van der Waals surface area contributed by atoms with Crippen molar-refractivity contribution >= 4 is 5.69 Å². The molecule has 1 saturated carbocycles. The fraction of sp³-hybridized carbons (Fsp3) is 0.600. The highest BCUT2D eigenvalue weighted by molar-refractivity contribution is 5.50. The van der Waals surface area contributed by atoms with Crippen LogP contribution in [0.25, 0.3) is 0 Å². The summed E-state index contributed by atoms with van der Waals surface area (Å²) in [5.74, 6) is 2.78. The van der Waals surface area contributed by atoms with Crippen LogP contribution >= 0.6 is 0 Å². The first-order chi connectivity index (χ1) is 8.76. The predicted octanol–water partition coefficient (Wildman–Crippen LogP) is 2.51. The van der Waals surface area contributed by atoms with Crippen molar-refractivity contribution < 1.29 is 4.74 Å². The normalized spacial score (nSPS) is 27.4. The molecule has 2 unspecified atom stereocenters. The predicted molar refractivity (Wildman–Crippen MR) is 73.5 cm³/mol. The summed E-state index contributed by atoms with van der Waals surface area (Å²) >= 11 is 0. The Kier molecular flexibility index (Phi) is 3.16. The molecule has 2 N–H and O–H groups in total. The lowest BCUT2D eigenvalue weighted by Crippen LogP contribution is -2.21. The summed E-state index contributed by atoms with van der Waals surface area (Å²) in [6, 6.07) is 5.95. The van der Waals surface area contributed by atoms with E-state index in [2.05, 4.69) is 11.0 Å². The molecule has 98 valence electrons. The van der Waals surface area contributed by atoms with Gasteiger partial charge in [-0.25, -0.2) is 0 Å². The molecule has 1 saturated heterocycles. The van der Waals surface area contributed by atoms with Gasteiger partial charge in [0.1, 0.15) is 5.75 Å². The quantitative estimate of drug-likeness (QED) is 0.833. The fourth-order valence-electron chi connectivity index (χ4n) is 3.55. The lowest BCUT2D eigenvalue weighted by molar-refractivity contribution is 0.303. The SMILES string of the molecule is COc1ccc(N)c(CN2CC3CCCC3C2)c1. The van der Waals surface area contributed by atoms with Crippen molar-refractivity contribution in [3.05, 3.63) is 23.8 Å². The largest absolute Gasteiger partial charge is 0.497 e. The Morgan fingerprint density at radius 1 is 1.28 bits per heavy atom. The van der Waals surface area contributed by atoms with Crippen molar-refractivity contribution in [3.63, 3.8) is 0 Å². The van der Waals surface area contributed by atoms with Crippen molar-refractivity contribution in [1.29, 1.82) is 0 Å². The first kappa shape index (κ1) is 11.8. The lowest BCUT2D eigenvalue weighted by atomic mass is 10.0. The minimum Gasteiger partial charge on any atom is -0.497 e. The van der Waals surface area contributed by atoms with E-state index in [0.717, 1.165) is 29.8 Å². The first-order valence-corrected chi connectivity index (χ1v) is 6.91. The smallest absolute Gasteiger partial charge is 0.119 e. The molecule has 2 atom stereocenters. The molecule has 1 aromatic rings. The number of rotatable bonds is 3. The number of anilines is 1. The minimum atomic E-state index is 0.882. The highest BCUT2D eigenvalue weighted by Crippen LogP contribution is 2.38. The molecule has 1 aliphatic carbocycles. The highest BCUT2D eigenvalue weighted by atomic mass is 16.5. The summed E-state index contributed by atoms with van der Waals surface area (Å²) in [7, 11) is 1.70. The number of likely N-dealkylation sites (tertiary alicyclic amines) is 1. The molecule has 2 fully saturated rings. The molecule has 1 aromatic carbocycles. The average Bonchev–Trinajstić information content (AvgIpc) is 2.92. The maximum absolute atomic E-state index is 6.06. The van der Waals surface area contributed by atoms with Crippen molar-refractivity contribution in [2.24, 2.45) is 11.8 Å². The number of nitrogens with two attached hydrogens (primary N) is 1. The molecule has 0 amide bonds. The van der Waals surface area contributed by atoms with E-state index >= 15 is 0 Å². The second-order valence-corrected chi connectivity index (χ2v) is 5.71. The monoisotopic (exact) mass is 246 g/mol. The Bertz CT molecular complexity index is 421. The summed E-state index contributed by atoms with van der Waals surface area (Å²) in [6.07, 6.45) is 4.29. The number of nitrogen functional groups attached to an aromatic ring is 1. The van der Waals surface area contributed by atoms with Gasteiger partial charge in [-0.1, -0.05) is 6.42 Å². The molecule has 2 aliphatic rings. The molecule has 1 heterocycles. The molecular formula is C15H22N2O. The zero-order chi connectivity index (χ0) is 12.5. The van der Waals surface area contributed by atoms with E-state index < -0.39 is 0 Å². The first-order valence-electron chi connectivity index (χ1n) is 6.91. The number of hydrogen-bond donors (Lipinski definition) is 1. The van der Waals surface area contributed by atoms with Gasteiger partial charge in [0.05, 0.1) is 7.11 Å². The van der Waals surface area contributed by atoms with Gasteiger partial charge in [-0.05, 0) is 48.4 Å². The Balaban J connectivity index is 1.69. The topological polar surface area (TPSA) is 38.5 Å². The van der Waals surface area contributed by atoms with Crippen LogP contribution in [0.5, 0.6) is 5.75 Å². The molecule has 1 aliphatic heterocycles. The van der Waals surface area contributed by atoms with Crippen molar-refractivity contribution in [1.82, 2.24) is 4.90 Å². The van der Waals surface area contributed by atoms with Gasteiger partial charge in [-0.2, -0.15) is 0 Å². The third kappa shape index (κ3) is 2.19. The van der Waals surface area contributed by atoms with Crippen molar-refractivity contribution in [2.75, 3.05) is 25.9 Å². The van der Waals surface area contributed by atoms with Crippen LogP contribution in [-0.2, 0) is 6.54 Å². The van der Waals surface area contributed by atoms with Gasteiger partial charge in [-0.15, -0.1) is 0 Å². The van der Waals surface area contributed by atoms with Gasteiger partial charge in [-0.3, -0.25) is 4.90 Å². The summed E-state index contributed by atoms with van der Waals surface area (Å²) in [6.45, 7) is 3.47. The molecule has 0 aromatic heterocycles.